The predicted molar refractivity (Wildman–Crippen MR) is 115 cm³/mol. The Hall–Kier alpha value is -3.07. The fourth-order valence-electron chi connectivity index (χ4n) is 3.40. The van der Waals surface area contributed by atoms with E-state index in [4.69, 9.17) is 9.47 Å². The third kappa shape index (κ3) is 5.75. The number of ether oxygens (including phenoxy) is 2. The highest BCUT2D eigenvalue weighted by Crippen LogP contribution is 2.28. The standard InChI is InChI=1S/C22H29N5O4/c1-14-11-18(21(25-12-14)27(4)16(3)28)31-10-7-23-22(29)20-24-13-15(2)19(26-20)17-5-8-30-9-6-17/h11-13,17H,5-10H2,1-4H3,(H,23,29). The van der Waals surface area contributed by atoms with Gasteiger partial charge in [-0.25, -0.2) is 15.0 Å². The molecule has 166 valence electrons. The molecule has 0 bridgehead atoms. The first-order chi connectivity index (χ1) is 14.9. The van der Waals surface area contributed by atoms with Crippen molar-refractivity contribution in [1.82, 2.24) is 20.3 Å². The molecule has 0 aliphatic carbocycles. The van der Waals surface area contributed by atoms with Crippen molar-refractivity contribution in [3.05, 3.63) is 41.1 Å². The number of nitrogens with one attached hydrogen (secondary N) is 1. The fraction of sp³-hybridized carbons (Fsp3) is 0.500. The molecule has 1 saturated heterocycles. The number of rotatable bonds is 7. The summed E-state index contributed by atoms with van der Waals surface area (Å²) in [7, 11) is 1.64. The van der Waals surface area contributed by atoms with Gasteiger partial charge >= 0.3 is 0 Å². The lowest BCUT2D eigenvalue weighted by Gasteiger charge is -2.23. The molecule has 9 nitrogen and oxygen atoms in total. The molecule has 2 amide bonds. The van der Waals surface area contributed by atoms with Gasteiger partial charge in [0.2, 0.25) is 11.7 Å². The SMILES string of the molecule is CC(=O)N(C)c1ncc(C)cc1OCCNC(=O)c1ncc(C)c(C2CCOCC2)n1. The molecular weight excluding hydrogens is 398 g/mol. The molecule has 1 aliphatic rings. The zero-order valence-electron chi connectivity index (χ0n) is 18.5. The number of aryl methyl sites for hydroxylation is 2. The first-order valence-corrected chi connectivity index (χ1v) is 10.4. The van der Waals surface area contributed by atoms with Crippen molar-refractivity contribution >= 4 is 17.6 Å². The third-order valence-corrected chi connectivity index (χ3v) is 5.23. The van der Waals surface area contributed by atoms with Crippen LogP contribution in [0.2, 0.25) is 0 Å². The van der Waals surface area contributed by atoms with E-state index in [0.29, 0.717) is 24.8 Å². The topological polar surface area (TPSA) is 107 Å². The minimum absolute atomic E-state index is 0.147. The average molecular weight is 428 g/mol. The molecule has 31 heavy (non-hydrogen) atoms. The minimum atomic E-state index is -0.347. The van der Waals surface area contributed by atoms with Gasteiger partial charge in [0.15, 0.2) is 11.6 Å². The van der Waals surface area contributed by atoms with E-state index in [-0.39, 0.29) is 36.7 Å². The summed E-state index contributed by atoms with van der Waals surface area (Å²) in [5, 5.41) is 2.79. The van der Waals surface area contributed by atoms with Gasteiger partial charge in [-0.15, -0.1) is 0 Å². The second-order valence-electron chi connectivity index (χ2n) is 7.67. The van der Waals surface area contributed by atoms with Gasteiger partial charge in [-0.05, 0) is 43.9 Å². The Labute approximate surface area is 182 Å². The molecule has 1 fully saturated rings. The third-order valence-electron chi connectivity index (χ3n) is 5.23. The summed E-state index contributed by atoms with van der Waals surface area (Å²) in [6, 6.07) is 1.81. The van der Waals surface area contributed by atoms with Crippen molar-refractivity contribution in [2.75, 3.05) is 38.3 Å². The highest BCUT2D eigenvalue weighted by atomic mass is 16.5. The van der Waals surface area contributed by atoms with Crippen LogP contribution < -0.4 is 15.0 Å². The summed E-state index contributed by atoms with van der Waals surface area (Å²) >= 11 is 0. The van der Waals surface area contributed by atoms with Crippen LogP contribution in [0.1, 0.15) is 53.1 Å². The summed E-state index contributed by atoms with van der Waals surface area (Å²) in [5.41, 5.74) is 2.82. The van der Waals surface area contributed by atoms with Crippen LogP contribution in [0.5, 0.6) is 5.75 Å². The first-order valence-electron chi connectivity index (χ1n) is 10.4. The van der Waals surface area contributed by atoms with E-state index in [0.717, 1.165) is 29.7 Å². The molecule has 0 aromatic carbocycles. The molecule has 0 saturated carbocycles. The lowest BCUT2D eigenvalue weighted by molar-refractivity contribution is -0.116. The monoisotopic (exact) mass is 427 g/mol. The second-order valence-corrected chi connectivity index (χ2v) is 7.67. The number of anilines is 1. The van der Waals surface area contributed by atoms with E-state index in [1.165, 1.54) is 11.8 Å². The number of hydrogen-bond donors (Lipinski definition) is 1. The maximum atomic E-state index is 12.5. The van der Waals surface area contributed by atoms with Crippen LogP contribution in [0, 0.1) is 13.8 Å². The number of nitrogens with zero attached hydrogens (tertiary/aromatic N) is 4. The Morgan fingerprint density at radius 1 is 1.23 bits per heavy atom. The maximum absolute atomic E-state index is 12.5. The van der Waals surface area contributed by atoms with E-state index in [1.54, 1.807) is 19.4 Å². The van der Waals surface area contributed by atoms with Crippen molar-refractivity contribution in [3.63, 3.8) is 0 Å². The van der Waals surface area contributed by atoms with E-state index in [2.05, 4.69) is 20.3 Å². The summed E-state index contributed by atoms with van der Waals surface area (Å²) in [6.45, 7) is 7.22. The molecule has 0 atom stereocenters. The molecule has 9 heteroatoms. The number of amides is 2. The molecule has 0 unspecified atom stereocenters. The van der Waals surface area contributed by atoms with E-state index < -0.39 is 0 Å². The second kappa shape index (κ2) is 10.3. The van der Waals surface area contributed by atoms with Gasteiger partial charge in [-0.3, -0.25) is 14.5 Å². The highest BCUT2D eigenvalue weighted by molar-refractivity contribution is 5.91. The number of aromatic nitrogens is 3. The molecule has 0 spiro atoms. The van der Waals surface area contributed by atoms with Crippen LogP contribution in [0.25, 0.3) is 0 Å². The fourth-order valence-corrected chi connectivity index (χ4v) is 3.40. The molecule has 1 aliphatic heterocycles. The Morgan fingerprint density at radius 3 is 2.68 bits per heavy atom. The molecule has 2 aromatic heterocycles. The Kier molecular flexibility index (Phi) is 7.51. The van der Waals surface area contributed by atoms with Crippen molar-refractivity contribution in [2.45, 2.75) is 39.5 Å². The Bertz CT molecular complexity index is 943. The number of pyridine rings is 1. The minimum Gasteiger partial charge on any atom is -0.488 e. The van der Waals surface area contributed by atoms with Crippen LogP contribution >= 0.6 is 0 Å². The van der Waals surface area contributed by atoms with Gasteiger partial charge in [0.25, 0.3) is 5.91 Å². The van der Waals surface area contributed by atoms with Gasteiger partial charge in [0, 0.05) is 45.5 Å². The summed E-state index contributed by atoms with van der Waals surface area (Å²) in [6.07, 6.45) is 5.17. The lowest BCUT2D eigenvalue weighted by atomic mass is 9.94. The molecule has 3 heterocycles. The summed E-state index contributed by atoms with van der Waals surface area (Å²) in [4.78, 5) is 38.6. The van der Waals surface area contributed by atoms with Crippen molar-refractivity contribution < 1.29 is 19.1 Å². The van der Waals surface area contributed by atoms with Gasteiger partial charge < -0.3 is 14.8 Å². The van der Waals surface area contributed by atoms with Crippen LogP contribution in [0.15, 0.2) is 18.5 Å². The van der Waals surface area contributed by atoms with E-state index in [9.17, 15) is 9.59 Å². The average Bonchev–Trinajstić information content (AvgIpc) is 2.77. The van der Waals surface area contributed by atoms with Crippen molar-refractivity contribution in [3.8, 4) is 5.75 Å². The van der Waals surface area contributed by atoms with Crippen LogP contribution in [-0.4, -0.2) is 60.2 Å². The van der Waals surface area contributed by atoms with E-state index >= 15 is 0 Å². The highest BCUT2D eigenvalue weighted by Gasteiger charge is 2.21. The molecule has 1 N–H and O–H groups in total. The largest absolute Gasteiger partial charge is 0.488 e. The normalized spacial score (nSPS) is 14.2. The number of carbonyl (C=O) groups excluding carboxylic acids is 2. The van der Waals surface area contributed by atoms with Crippen LogP contribution in [0.3, 0.4) is 0 Å². The zero-order valence-corrected chi connectivity index (χ0v) is 18.5. The van der Waals surface area contributed by atoms with E-state index in [1.807, 2.05) is 19.9 Å². The summed E-state index contributed by atoms with van der Waals surface area (Å²) in [5.74, 6) is 0.873. The molecule has 0 radical (unpaired) electrons. The Morgan fingerprint density at radius 2 is 1.97 bits per heavy atom. The Balaban J connectivity index is 1.59. The van der Waals surface area contributed by atoms with Gasteiger partial charge in [0.05, 0.1) is 12.2 Å². The molecule has 2 aromatic rings. The van der Waals surface area contributed by atoms with Crippen LogP contribution in [0.4, 0.5) is 5.82 Å². The molecule has 3 rings (SSSR count). The smallest absolute Gasteiger partial charge is 0.289 e. The number of carbonyl (C=O) groups is 2. The predicted octanol–water partition coefficient (Wildman–Crippen LogP) is 2.17. The zero-order chi connectivity index (χ0) is 22.4. The first kappa shape index (κ1) is 22.6. The quantitative estimate of drug-likeness (QED) is 0.675. The van der Waals surface area contributed by atoms with Gasteiger partial charge in [-0.2, -0.15) is 0 Å². The lowest BCUT2D eigenvalue weighted by Crippen LogP contribution is -2.31. The van der Waals surface area contributed by atoms with Gasteiger partial charge in [-0.1, -0.05) is 0 Å². The molecular formula is C22H29N5O4. The maximum Gasteiger partial charge on any atom is 0.289 e. The van der Waals surface area contributed by atoms with Crippen molar-refractivity contribution in [2.24, 2.45) is 0 Å². The summed E-state index contributed by atoms with van der Waals surface area (Å²) < 4.78 is 11.2. The van der Waals surface area contributed by atoms with Gasteiger partial charge in [0.1, 0.15) is 6.61 Å². The number of hydrogen-bond acceptors (Lipinski definition) is 7. The van der Waals surface area contributed by atoms with Crippen molar-refractivity contribution in [1.29, 1.82) is 0 Å². The van der Waals surface area contributed by atoms with Crippen LogP contribution in [-0.2, 0) is 9.53 Å².